The van der Waals surface area contributed by atoms with Gasteiger partial charge >= 0.3 is 5.97 Å². The Labute approximate surface area is 104 Å². The van der Waals surface area contributed by atoms with E-state index < -0.39 is 24.1 Å². The normalized spacial score (nSPS) is 13.7. The van der Waals surface area contributed by atoms with Gasteiger partial charge in [-0.2, -0.15) is 0 Å². The van der Waals surface area contributed by atoms with E-state index in [9.17, 15) is 19.8 Å². The number of hydrogen-bond donors (Lipinski definition) is 3. The summed E-state index contributed by atoms with van der Waals surface area (Å²) in [7, 11) is 0. The number of hydrogen-bond acceptors (Lipinski definition) is 5. The highest BCUT2D eigenvalue weighted by Gasteiger charge is 2.23. The van der Waals surface area contributed by atoms with Crippen molar-refractivity contribution in [1.29, 1.82) is 0 Å². The molecule has 0 aliphatic rings. The lowest BCUT2D eigenvalue weighted by molar-refractivity contribution is -0.131. The first-order valence-corrected chi connectivity index (χ1v) is 5.40. The number of rotatable bonds is 5. The molecule has 1 amide bonds. The molecule has 0 fully saturated rings. The summed E-state index contributed by atoms with van der Waals surface area (Å²) in [6.45, 7) is 1.96. The molecule has 4 N–H and O–H groups in total. The van der Waals surface area contributed by atoms with Gasteiger partial charge in [-0.05, 0) is 24.6 Å². The van der Waals surface area contributed by atoms with Gasteiger partial charge in [0.25, 0.3) is 0 Å². The van der Waals surface area contributed by atoms with Crippen LogP contribution in [-0.2, 0) is 9.53 Å². The summed E-state index contributed by atoms with van der Waals surface area (Å²) in [5, 5.41) is 18.9. The third-order valence-corrected chi connectivity index (χ3v) is 2.35. The van der Waals surface area contributed by atoms with Crippen LogP contribution in [-0.4, -0.2) is 34.8 Å². The first-order chi connectivity index (χ1) is 8.47. The van der Waals surface area contributed by atoms with E-state index in [1.54, 1.807) is 6.92 Å². The maximum Gasteiger partial charge on any atom is 0.338 e. The molecular formula is C12H15NO5. The number of aliphatic hydroxyl groups is 2. The second-order valence-electron chi connectivity index (χ2n) is 3.63. The van der Waals surface area contributed by atoms with Crippen LogP contribution in [0.4, 0.5) is 0 Å². The molecule has 0 radical (unpaired) electrons. The van der Waals surface area contributed by atoms with Gasteiger partial charge in [-0.15, -0.1) is 0 Å². The van der Waals surface area contributed by atoms with Crippen LogP contribution in [0.3, 0.4) is 0 Å². The van der Waals surface area contributed by atoms with E-state index in [2.05, 4.69) is 0 Å². The first kappa shape index (κ1) is 14.1. The Morgan fingerprint density at radius 2 is 1.83 bits per heavy atom. The van der Waals surface area contributed by atoms with Crippen molar-refractivity contribution in [2.45, 2.75) is 19.1 Å². The molecule has 0 spiro atoms. The SMILES string of the molecule is CCOC(=O)c1ccc(C(O)C(O)C(N)=O)cc1. The quantitative estimate of drug-likeness (QED) is 0.626. The van der Waals surface area contributed by atoms with Crippen LogP contribution in [0.1, 0.15) is 28.9 Å². The molecule has 2 unspecified atom stereocenters. The lowest BCUT2D eigenvalue weighted by Crippen LogP contribution is -2.33. The number of aliphatic hydroxyl groups excluding tert-OH is 2. The van der Waals surface area contributed by atoms with Crippen molar-refractivity contribution in [1.82, 2.24) is 0 Å². The molecule has 1 aromatic rings. The minimum atomic E-state index is -1.68. The fourth-order valence-corrected chi connectivity index (χ4v) is 1.37. The molecule has 0 aliphatic carbocycles. The summed E-state index contributed by atoms with van der Waals surface area (Å²) < 4.78 is 4.79. The molecule has 0 bridgehead atoms. The van der Waals surface area contributed by atoms with Crippen molar-refractivity contribution in [2.24, 2.45) is 5.73 Å². The second kappa shape index (κ2) is 6.13. The molecule has 0 aliphatic heterocycles. The minimum Gasteiger partial charge on any atom is -0.462 e. The lowest BCUT2D eigenvalue weighted by Gasteiger charge is -2.15. The van der Waals surface area contributed by atoms with E-state index in [1.807, 2.05) is 0 Å². The summed E-state index contributed by atoms with van der Waals surface area (Å²) in [6, 6.07) is 5.71. The van der Waals surface area contributed by atoms with E-state index >= 15 is 0 Å². The first-order valence-electron chi connectivity index (χ1n) is 5.40. The highest BCUT2D eigenvalue weighted by atomic mass is 16.5. The number of primary amides is 1. The monoisotopic (exact) mass is 253 g/mol. The molecule has 0 heterocycles. The number of amides is 1. The fraction of sp³-hybridized carbons (Fsp3) is 0.333. The van der Waals surface area contributed by atoms with Crippen molar-refractivity contribution >= 4 is 11.9 Å². The van der Waals surface area contributed by atoms with E-state index in [0.29, 0.717) is 5.56 Å². The maximum atomic E-state index is 11.4. The predicted octanol–water partition coefficient (Wildman–Crippen LogP) is -0.257. The van der Waals surface area contributed by atoms with Gasteiger partial charge in [0, 0.05) is 0 Å². The molecule has 0 saturated carbocycles. The number of carbonyl (C=O) groups excluding carboxylic acids is 2. The van der Waals surface area contributed by atoms with Gasteiger partial charge in [0.1, 0.15) is 6.10 Å². The summed E-state index contributed by atoms with van der Waals surface area (Å²) in [4.78, 5) is 22.1. The molecule has 6 nitrogen and oxygen atoms in total. The summed E-state index contributed by atoms with van der Waals surface area (Å²) in [6.07, 6.45) is -3.10. The highest BCUT2D eigenvalue weighted by molar-refractivity contribution is 5.89. The topological polar surface area (TPSA) is 110 Å². The average Bonchev–Trinajstić information content (AvgIpc) is 2.37. The molecular weight excluding hydrogens is 238 g/mol. The van der Waals surface area contributed by atoms with Gasteiger partial charge in [-0.3, -0.25) is 4.79 Å². The third kappa shape index (κ3) is 3.28. The summed E-state index contributed by atoms with van der Waals surface area (Å²) >= 11 is 0. The minimum absolute atomic E-state index is 0.267. The van der Waals surface area contributed by atoms with Crippen molar-refractivity contribution < 1.29 is 24.5 Å². The third-order valence-electron chi connectivity index (χ3n) is 2.35. The fourth-order valence-electron chi connectivity index (χ4n) is 1.37. The molecule has 1 rings (SSSR count). The zero-order valence-corrected chi connectivity index (χ0v) is 9.87. The van der Waals surface area contributed by atoms with E-state index in [4.69, 9.17) is 10.5 Å². The molecule has 6 heteroatoms. The number of ether oxygens (including phenoxy) is 1. The number of benzene rings is 1. The molecule has 18 heavy (non-hydrogen) atoms. The van der Waals surface area contributed by atoms with Crippen LogP contribution in [0.2, 0.25) is 0 Å². The number of nitrogens with two attached hydrogens (primary N) is 1. The van der Waals surface area contributed by atoms with Crippen LogP contribution in [0.15, 0.2) is 24.3 Å². The standard InChI is InChI=1S/C12H15NO5/c1-2-18-12(17)8-5-3-7(4-6-8)9(14)10(15)11(13)16/h3-6,9-10,14-15H,2H2,1H3,(H2,13,16). The van der Waals surface area contributed by atoms with Gasteiger partial charge in [-0.1, -0.05) is 12.1 Å². The van der Waals surface area contributed by atoms with Gasteiger partial charge < -0.3 is 20.7 Å². The van der Waals surface area contributed by atoms with Crippen molar-refractivity contribution in [3.8, 4) is 0 Å². The highest BCUT2D eigenvalue weighted by Crippen LogP contribution is 2.17. The zero-order chi connectivity index (χ0) is 13.7. The molecule has 2 atom stereocenters. The Hall–Kier alpha value is -1.92. The Morgan fingerprint density at radius 1 is 1.28 bits per heavy atom. The molecule has 1 aromatic carbocycles. The van der Waals surface area contributed by atoms with Crippen LogP contribution in [0, 0.1) is 0 Å². The van der Waals surface area contributed by atoms with E-state index in [-0.39, 0.29) is 12.2 Å². The van der Waals surface area contributed by atoms with Crippen LogP contribution in [0.25, 0.3) is 0 Å². The van der Waals surface area contributed by atoms with Crippen LogP contribution in [0.5, 0.6) is 0 Å². The second-order valence-corrected chi connectivity index (χ2v) is 3.63. The predicted molar refractivity (Wildman–Crippen MR) is 62.6 cm³/mol. The van der Waals surface area contributed by atoms with Gasteiger partial charge in [0.05, 0.1) is 12.2 Å². The smallest absolute Gasteiger partial charge is 0.338 e. The van der Waals surface area contributed by atoms with Crippen LogP contribution >= 0.6 is 0 Å². The van der Waals surface area contributed by atoms with Crippen molar-refractivity contribution in [3.05, 3.63) is 35.4 Å². The Morgan fingerprint density at radius 3 is 2.28 bits per heavy atom. The van der Waals surface area contributed by atoms with Crippen LogP contribution < -0.4 is 5.73 Å². The summed E-state index contributed by atoms with van der Waals surface area (Å²) in [5.74, 6) is -1.49. The maximum absolute atomic E-state index is 11.4. The zero-order valence-electron chi connectivity index (χ0n) is 9.87. The van der Waals surface area contributed by atoms with Crippen molar-refractivity contribution in [3.63, 3.8) is 0 Å². The van der Waals surface area contributed by atoms with Gasteiger partial charge in [0.15, 0.2) is 6.10 Å². The van der Waals surface area contributed by atoms with Crippen molar-refractivity contribution in [2.75, 3.05) is 6.61 Å². The number of carbonyl (C=O) groups is 2. The van der Waals surface area contributed by atoms with Gasteiger partial charge in [0.2, 0.25) is 5.91 Å². The molecule has 0 aromatic heterocycles. The molecule has 0 saturated heterocycles. The average molecular weight is 253 g/mol. The summed E-state index contributed by atoms with van der Waals surface area (Å²) in [5.41, 5.74) is 5.48. The largest absolute Gasteiger partial charge is 0.462 e. The van der Waals surface area contributed by atoms with E-state index in [1.165, 1.54) is 24.3 Å². The Bertz CT molecular complexity index is 429. The van der Waals surface area contributed by atoms with Gasteiger partial charge in [-0.25, -0.2) is 4.79 Å². The van der Waals surface area contributed by atoms with E-state index in [0.717, 1.165) is 0 Å². The molecule has 98 valence electrons. The Balaban J connectivity index is 2.82. The lowest BCUT2D eigenvalue weighted by atomic mass is 10.0. The number of esters is 1. The Kier molecular flexibility index (Phi) is 4.82.